The summed E-state index contributed by atoms with van der Waals surface area (Å²) in [5, 5.41) is 8.48. The second-order valence-corrected chi connectivity index (χ2v) is 5.16. The van der Waals surface area contributed by atoms with Crippen LogP contribution in [0.5, 0.6) is 0 Å². The smallest absolute Gasteiger partial charge is 0.229 e. The Labute approximate surface area is 114 Å². The minimum atomic E-state index is 0.412. The summed E-state index contributed by atoms with van der Waals surface area (Å²) in [6, 6.07) is 6.09. The Hall–Kier alpha value is -0.870. The molecule has 0 aliphatic carbocycles. The second kappa shape index (κ2) is 5.19. The number of halogens is 2. The van der Waals surface area contributed by atoms with Crippen LogP contribution in [0.2, 0.25) is 5.28 Å². The number of rotatable bonds is 3. The van der Waals surface area contributed by atoms with E-state index in [2.05, 4.69) is 33.1 Å². The Morgan fingerprint density at radius 2 is 2.12 bits per heavy atom. The van der Waals surface area contributed by atoms with Crippen LogP contribution in [0.3, 0.4) is 0 Å². The van der Waals surface area contributed by atoms with Crippen LogP contribution in [0.4, 0.5) is 0 Å². The Morgan fingerprint density at radius 3 is 2.82 bits per heavy atom. The SMILES string of the molecule is CCCc1nnc(Cl)n1-c1cc(Br)ccc1C. The molecule has 1 aromatic heterocycles. The van der Waals surface area contributed by atoms with Gasteiger partial charge >= 0.3 is 0 Å². The standard InChI is InChI=1S/C12H13BrClN3/c1-3-4-11-15-16-12(14)17(11)10-7-9(13)6-5-8(10)2/h5-7H,3-4H2,1-2H3. The van der Waals surface area contributed by atoms with Crippen molar-refractivity contribution in [2.24, 2.45) is 0 Å². The summed E-state index contributed by atoms with van der Waals surface area (Å²) in [5.41, 5.74) is 2.17. The van der Waals surface area contributed by atoms with Crippen molar-refractivity contribution in [3.63, 3.8) is 0 Å². The molecule has 2 aromatic rings. The fourth-order valence-corrected chi connectivity index (χ4v) is 2.32. The molecule has 0 bridgehead atoms. The molecule has 1 aromatic carbocycles. The Bertz CT molecular complexity index is 537. The zero-order valence-electron chi connectivity index (χ0n) is 9.74. The van der Waals surface area contributed by atoms with Gasteiger partial charge in [0.25, 0.3) is 0 Å². The monoisotopic (exact) mass is 313 g/mol. The number of benzene rings is 1. The molecule has 3 nitrogen and oxygen atoms in total. The molecule has 0 unspecified atom stereocenters. The van der Waals surface area contributed by atoms with Gasteiger partial charge in [0.05, 0.1) is 5.69 Å². The highest BCUT2D eigenvalue weighted by atomic mass is 79.9. The Morgan fingerprint density at radius 1 is 1.35 bits per heavy atom. The molecule has 0 radical (unpaired) electrons. The Kier molecular flexibility index (Phi) is 3.84. The average molecular weight is 315 g/mol. The molecule has 90 valence electrons. The van der Waals surface area contributed by atoms with Crippen LogP contribution in [0.1, 0.15) is 24.7 Å². The van der Waals surface area contributed by atoms with E-state index in [9.17, 15) is 0 Å². The van der Waals surface area contributed by atoms with Crippen molar-refractivity contribution in [1.29, 1.82) is 0 Å². The third-order valence-electron chi connectivity index (χ3n) is 2.58. The first-order valence-corrected chi connectivity index (χ1v) is 6.67. The molecule has 0 fully saturated rings. The maximum Gasteiger partial charge on any atom is 0.229 e. The molecule has 5 heteroatoms. The lowest BCUT2D eigenvalue weighted by Crippen LogP contribution is -2.03. The van der Waals surface area contributed by atoms with Gasteiger partial charge in [0.2, 0.25) is 5.28 Å². The van der Waals surface area contributed by atoms with Gasteiger partial charge in [-0.3, -0.25) is 4.57 Å². The maximum absolute atomic E-state index is 6.11. The van der Waals surface area contributed by atoms with Crippen molar-refractivity contribution in [3.8, 4) is 5.69 Å². The van der Waals surface area contributed by atoms with E-state index in [1.54, 1.807) is 0 Å². The highest BCUT2D eigenvalue weighted by molar-refractivity contribution is 9.10. The Balaban J connectivity index is 2.58. The fraction of sp³-hybridized carbons (Fsp3) is 0.333. The number of aromatic nitrogens is 3. The van der Waals surface area contributed by atoms with E-state index >= 15 is 0 Å². The predicted molar refractivity (Wildman–Crippen MR) is 72.8 cm³/mol. The van der Waals surface area contributed by atoms with Gasteiger partial charge in [-0.05, 0) is 42.6 Å². The lowest BCUT2D eigenvalue weighted by Gasteiger charge is -2.10. The van der Waals surface area contributed by atoms with Gasteiger partial charge in [0.15, 0.2) is 0 Å². The number of aryl methyl sites for hydroxylation is 2. The van der Waals surface area contributed by atoms with Gasteiger partial charge in [0.1, 0.15) is 5.82 Å². The van der Waals surface area contributed by atoms with Crippen LogP contribution in [0.15, 0.2) is 22.7 Å². The fourth-order valence-electron chi connectivity index (χ4n) is 1.74. The van der Waals surface area contributed by atoms with Gasteiger partial charge < -0.3 is 0 Å². The van der Waals surface area contributed by atoms with Crippen LogP contribution in [0, 0.1) is 6.92 Å². The minimum absolute atomic E-state index is 0.412. The summed E-state index contributed by atoms with van der Waals surface area (Å²) in [7, 11) is 0. The first-order valence-electron chi connectivity index (χ1n) is 5.49. The quantitative estimate of drug-likeness (QED) is 0.859. The second-order valence-electron chi connectivity index (χ2n) is 3.90. The molecule has 0 saturated heterocycles. The van der Waals surface area contributed by atoms with E-state index in [0.717, 1.165) is 34.4 Å². The lowest BCUT2D eigenvalue weighted by molar-refractivity contribution is 0.801. The summed E-state index contributed by atoms with van der Waals surface area (Å²) in [6.45, 7) is 4.16. The zero-order valence-corrected chi connectivity index (χ0v) is 12.1. The summed E-state index contributed by atoms with van der Waals surface area (Å²) >= 11 is 9.59. The van der Waals surface area contributed by atoms with Gasteiger partial charge in [-0.2, -0.15) is 0 Å². The first-order chi connectivity index (χ1) is 8.13. The van der Waals surface area contributed by atoms with E-state index in [1.165, 1.54) is 0 Å². The molecule has 17 heavy (non-hydrogen) atoms. The molecule has 0 N–H and O–H groups in total. The number of hydrogen-bond acceptors (Lipinski definition) is 2. The van der Waals surface area contributed by atoms with Crippen LogP contribution < -0.4 is 0 Å². The van der Waals surface area contributed by atoms with Gasteiger partial charge in [-0.25, -0.2) is 0 Å². The lowest BCUT2D eigenvalue weighted by atomic mass is 10.2. The van der Waals surface area contributed by atoms with Gasteiger partial charge in [-0.15, -0.1) is 10.2 Å². The molecule has 0 aliphatic heterocycles. The summed E-state index contributed by atoms with van der Waals surface area (Å²) in [5.74, 6) is 0.902. The van der Waals surface area contributed by atoms with Crippen LogP contribution in [0.25, 0.3) is 5.69 Å². The zero-order chi connectivity index (χ0) is 12.4. The number of hydrogen-bond donors (Lipinski definition) is 0. The third kappa shape index (κ3) is 2.53. The molecular weight excluding hydrogens is 302 g/mol. The molecule has 1 heterocycles. The van der Waals surface area contributed by atoms with Crippen molar-refractivity contribution in [2.75, 3.05) is 0 Å². The maximum atomic E-state index is 6.11. The van der Waals surface area contributed by atoms with Crippen molar-refractivity contribution in [1.82, 2.24) is 14.8 Å². The van der Waals surface area contributed by atoms with Crippen molar-refractivity contribution in [2.45, 2.75) is 26.7 Å². The summed E-state index contributed by atoms with van der Waals surface area (Å²) < 4.78 is 2.93. The van der Waals surface area contributed by atoms with E-state index in [0.29, 0.717) is 5.28 Å². The largest absolute Gasteiger partial charge is 0.269 e. The number of nitrogens with zero attached hydrogens (tertiary/aromatic N) is 3. The van der Waals surface area contributed by atoms with Crippen molar-refractivity contribution in [3.05, 3.63) is 39.3 Å². The minimum Gasteiger partial charge on any atom is -0.269 e. The summed E-state index contributed by atoms with van der Waals surface area (Å²) in [6.07, 6.45) is 1.88. The first kappa shape index (κ1) is 12.6. The molecule has 0 spiro atoms. The molecular formula is C12H13BrClN3. The van der Waals surface area contributed by atoms with Crippen molar-refractivity contribution >= 4 is 27.5 Å². The molecule has 0 saturated carbocycles. The van der Waals surface area contributed by atoms with E-state index < -0.39 is 0 Å². The van der Waals surface area contributed by atoms with E-state index in [-0.39, 0.29) is 0 Å². The molecule has 0 aliphatic rings. The van der Waals surface area contributed by atoms with Crippen LogP contribution in [-0.4, -0.2) is 14.8 Å². The van der Waals surface area contributed by atoms with Gasteiger partial charge in [0, 0.05) is 10.9 Å². The normalized spacial score (nSPS) is 10.8. The van der Waals surface area contributed by atoms with E-state index in [4.69, 9.17) is 11.6 Å². The highest BCUT2D eigenvalue weighted by Crippen LogP contribution is 2.24. The summed E-state index contributed by atoms with van der Waals surface area (Å²) in [4.78, 5) is 0. The predicted octanol–water partition coefficient (Wildman–Crippen LogP) is 3.94. The third-order valence-corrected chi connectivity index (χ3v) is 3.31. The topological polar surface area (TPSA) is 30.7 Å². The highest BCUT2D eigenvalue weighted by Gasteiger charge is 2.13. The average Bonchev–Trinajstić information content (AvgIpc) is 2.64. The molecule has 2 rings (SSSR count). The van der Waals surface area contributed by atoms with Gasteiger partial charge in [-0.1, -0.05) is 28.9 Å². The molecule has 0 atom stereocenters. The van der Waals surface area contributed by atoms with Crippen LogP contribution >= 0.6 is 27.5 Å². The van der Waals surface area contributed by atoms with E-state index in [1.807, 2.05) is 29.7 Å². The van der Waals surface area contributed by atoms with Crippen LogP contribution in [-0.2, 0) is 6.42 Å². The molecule has 0 amide bonds. The van der Waals surface area contributed by atoms with Crippen molar-refractivity contribution < 1.29 is 0 Å².